The van der Waals surface area contributed by atoms with Gasteiger partial charge in [0.05, 0.1) is 17.9 Å². The second-order valence-corrected chi connectivity index (χ2v) is 5.45. The lowest BCUT2D eigenvalue weighted by molar-refractivity contribution is 0.322. The van der Waals surface area contributed by atoms with Crippen LogP contribution in [0, 0.1) is 6.92 Å². The summed E-state index contributed by atoms with van der Waals surface area (Å²) < 4.78 is 5.80. The van der Waals surface area contributed by atoms with Crippen molar-refractivity contribution in [2.45, 2.75) is 13.3 Å². The molecule has 0 bridgehead atoms. The van der Waals surface area contributed by atoms with Gasteiger partial charge in [-0.15, -0.1) is 0 Å². The first kappa shape index (κ1) is 13.8. The van der Waals surface area contributed by atoms with E-state index in [1.54, 1.807) is 0 Å². The minimum absolute atomic E-state index is 0.361. The Morgan fingerprint density at radius 1 is 1.29 bits per heavy atom. The maximum atomic E-state index is 5.86. The number of hydrogen-bond donors (Lipinski definition) is 1. The fourth-order valence-electron chi connectivity index (χ4n) is 2.49. The molecule has 0 saturated carbocycles. The van der Waals surface area contributed by atoms with Crippen LogP contribution < -0.4 is 15.4 Å². The smallest absolute Gasteiger partial charge is 0.143 e. The molecular formula is C16H17N3OS. The Hall–Kier alpha value is -2.14. The quantitative estimate of drug-likeness (QED) is 0.864. The Morgan fingerprint density at radius 3 is 2.90 bits per heavy atom. The van der Waals surface area contributed by atoms with Crippen LogP contribution in [0.5, 0.6) is 5.75 Å². The average Bonchev–Trinajstić information content (AvgIpc) is 2.69. The number of anilines is 2. The van der Waals surface area contributed by atoms with Crippen LogP contribution in [0.4, 0.5) is 11.5 Å². The van der Waals surface area contributed by atoms with Crippen molar-refractivity contribution in [1.29, 1.82) is 0 Å². The van der Waals surface area contributed by atoms with Crippen molar-refractivity contribution in [2.75, 3.05) is 18.1 Å². The minimum atomic E-state index is 0.361. The molecule has 21 heavy (non-hydrogen) atoms. The molecule has 0 amide bonds. The summed E-state index contributed by atoms with van der Waals surface area (Å²) in [7, 11) is 0. The van der Waals surface area contributed by atoms with Crippen LogP contribution >= 0.6 is 12.2 Å². The highest BCUT2D eigenvalue weighted by Crippen LogP contribution is 2.36. The van der Waals surface area contributed by atoms with Crippen LogP contribution in [0.1, 0.15) is 17.7 Å². The first-order chi connectivity index (χ1) is 10.2. The predicted octanol–water partition coefficient (Wildman–Crippen LogP) is 2.94. The van der Waals surface area contributed by atoms with Gasteiger partial charge in [-0.1, -0.05) is 24.4 Å². The number of thiocarbonyl (C=S) groups is 1. The number of nitrogens with zero attached hydrogens (tertiary/aromatic N) is 2. The molecule has 1 aliphatic heterocycles. The molecule has 0 radical (unpaired) electrons. The molecule has 2 heterocycles. The number of aryl methyl sites for hydroxylation is 1. The van der Waals surface area contributed by atoms with Gasteiger partial charge in [0.25, 0.3) is 0 Å². The van der Waals surface area contributed by atoms with E-state index in [-0.39, 0.29) is 0 Å². The number of fused-ring (bicyclic) bond motifs is 1. The van der Waals surface area contributed by atoms with Crippen molar-refractivity contribution in [3.8, 4) is 5.75 Å². The molecule has 3 rings (SSSR count). The Kier molecular flexibility index (Phi) is 3.75. The zero-order valence-electron chi connectivity index (χ0n) is 11.9. The molecule has 1 aromatic carbocycles. The molecule has 0 saturated heterocycles. The van der Waals surface area contributed by atoms with Crippen molar-refractivity contribution < 1.29 is 4.74 Å². The topological polar surface area (TPSA) is 51.4 Å². The van der Waals surface area contributed by atoms with Gasteiger partial charge in [0, 0.05) is 12.2 Å². The van der Waals surface area contributed by atoms with Crippen molar-refractivity contribution in [3.63, 3.8) is 0 Å². The van der Waals surface area contributed by atoms with Crippen LogP contribution in [-0.4, -0.2) is 23.1 Å². The highest BCUT2D eigenvalue weighted by molar-refractivity contribution is 7.80. The normalized spacial score (nSPS) is 14.0. The molecule has 1 aromatic heterocycles. The zero-order valence-corrected chi connectivity index (χ0v) is 12.7. The summed E-state index contributed by atoms with van der Waals surface area (Å²) in [5.74, 6) is 1.67. The van der Waals surface area contributed by atoms with E-state index in [0.29, 0.717) is 11.6 Å². The predicted molar refractivity (Wildman–Crippen MR) is 88.4 cm³/mol. The third kappa shape index (κ3) is 2.69. The van der Waals surface area contributed by atoms with Crippen LogP contribution in [-0.2, 0) is 0 Å². The van der Waals surface area contributed by atoms with E-state index in [9.17, 15) is 0 Å². The van der Waals surface area contributed by atoms with Gasteiger partial charge in [-0.25, -0.2) is 4.98 Å². The fraction of sp³-hybridized carbons (Fsp3) is 0.250. The number of ether oxygens (including phenoxy) is 1. The van der Waals surface area contributed by atoms with Gasteiger partial charge in [0.1, 0.15) is 16.6 Å². The number of para-hydroxylation sites is 2. The summed E-state index contributed by atoms with van der Waals surface area (Å²) in [6.07, 6.45) is 0.918. The molecule has 0 spiro atoms. The third-order valence-corrected chi connectivity index (χ3v) is 3.70. The largest absolute Gasteiger partial charge is 0.491 e. The van der Waals surface area contributed by atoms with Gasteiger partial charge in [-0.05, 0) is 37.6 Å². The van der Waals surface area contributed by atoms with Gasteiger partial charge in [-0.2, -0.15) is 0 Å². The first-order valence-corrected chi connectivity index (χ1v) is 7.34. The molecule has 108 valence electrons. The van der Waals surface area contributed by atoms with E-state index >= 15 is 0 Å². The van der Waals surface area contributed by atoms with E-state index in [4.69, 9.17) is 22.7 Å². The second-order valence-electron chi connectivity index (χ2n) is 5.01. The van der Waals surface area contributed by atoms with Gasteiger partial charge < -0.3 is 15.4 Å². The van der Waals surface area contributed by atoms with Crippen molar-refractivity contribution in [2.24, 2.45) is 5.73 Å². The molecular weight excluding hydrogens is 282 g/mol. The highest BCUT2D eigenvalue weighted by atomic mass is 32.1. The Balaban J connectivity index is 2.16. The lowest BCUT2D eigenvalue weighted by Crippen LogP contribution is -2.23. The number of aromatic nitrogens is 1. The molecule has 5 heteroatoms. The van der Waals surface area contributed by atoms with Crippen LogP contribution in [0.25, 0.3) is 0 Å². The van der Waals surface area contributed by atoms with Crippen molar-refractivity contribution in [1.82, 2.24) is 4.98 Å². The number of benzene rings is 1. The Morgan fingerprint density at radius 2 is 2.10 bits per heavy atom. The summed E-state index contributed by atoms with van der Waals surface area (Å²) in [5, 5.41) is 0. The summed E-state index contributed by atoms with van der Waals surface area (Å²) in [5.41, 5.74) is 8.61. The maximum absolute atomic E-state index is 5.86. The average molecular weight is 299 g/mol. The summed E-state index contributed by atoms with van der Waals surface area (Å²) in [6, 6.07) is 11.8. The van der Waals surface area contributed by atoms with E-state index < -0.39 is 0 Å². The van der Waals surface area contributed by atoms with Crippen LogP contribution in [0.2, 0.25) is 0 Å². The third-order valence-electron chi connectivity index (χ3n) is 3.48. The fourth-order valence-corrected chi connectivity index (χ4v) is 2.65. The van der Waals surface area contributed by atoms with E-state index in [2.05, 4.69) is 9.88 Å². The molecule has 4 nitrogen and oxygen atoms in total. The second kappa shape index (κ2) is 5.69. The number of pyridine rings is 1. The van der Waals surface area contributed by atoms with E-state index in [0.717, 1.165) is 41.5 Å². The summed E-state index contributed by atoms with van der Waals surface area (Å²) >= 11 is 5.17. The molecule has 1 aliphatic rings. The molecule has 2 aromatic rings. The van der Waals surface area contributed by atoms with Gasteiger partial charge in [-0.3, -0.25) is 0 Å². The van der Waals surface area contributed by atoms with E-state index in [1.165, 1.54) is 0 Å². The Bertz CT molecular complexity index is 687. The summed E-state index contributed by atoms with van der Waals surface area (Å²) in [6.45, 7) is 3.48. The van der Waals surface area contributed by atoms with Crippen molar-refractivity contribution >= 4 is 28.7 Å². The van der Waals surface area contributed by atoms with Gasteiger partial charge in [0.15, 0.2) is 0 Å². The highest BCUT2D eigenvalue weighted by Gasteiger charge is 2.21. The number of hydrogen-bond acceptors (Lipinski definition) is 4. The summed E-state index contributed by atoms with van der Waals surface area (Å²) in [4.78, 5) is 7.17. The minimum Gasteiger partial charge on any atom is -0.491 e. The first-order valence-electron chi connectivity index (χ1n) is 6.93. The maximum Gasteiger partial charge on any atom is 0.143 e. The standard InChI is InChI=1S/C16H17N3OS/c1-11-7-8-12(15(17)21)16(18-11)19-9-4-10-20-14-6-3-2-5-13(14)19/h2-3,5-8H,4,9-10H2,1H3,(H2,17,21). The zero-order chi connectivity index (χ0) is 14.8. The molecule has 0 atom stereocenters. The molecule has 0 unspecified atom stereocenters. The monoisotopic (exact) mass is 299 g/mol. The SMILES string of the molecule is Cc1ccc(C(N)=S)c(N2CCCOc3ccccc32)n1. The van der Waals surface area contributed by atoms with Gasteiger partial charge >= 0.3 is 0 Å². The molecule has 0 fully saturated rings. The Labute approximate surface area is 129 Å². The lowest BCUT2D eigenvalue weighted by atomic mass is 10.2. The number of rotatable bonds is 2. The van der Waals surface area contributed by atoms with Crippen molar-refractivity contribution in [3.05, 3.63) is 47.7 Å². The molecule has 2 N–H and O–H groups in total. The van der Waals surface area contributed by atoms with E-state index in [1.807, 2.05) is 43.3 Å². The van der Waals surface area contributed by atoms with Crippen LogP contribution in [0.15, 0.2) is 36.4 Å². The van der Waals surface area contributed by atoms with Crippen LogP contribution in [0.3, 0.4) is 0 Å². The lowest BCUT2D eigenvalue weighted by Gasteiger charge is -2.25. The number of nitrogens with two attached hydrogens (primary N) is 1. The van der Waals surface area contributed by atoms with Gasteiger partial charge in [0.2, 0.25) is 0 Å². The molecule has 0 aliphatic carbocycles.